The van der Waals surface area contributed by atoms with Gasteiger partial charge in [0.15, 0.2) is 5.58 Å². The number of halogens is 4. The van der Waals surface area contributed by atoms with Crippen LogP contribution in [0.1, 0.15) is 5.56 Å². The van der Waals surface area contributed by atoms with E-state index in [1.807, 2.05) is 0 Å². The average Bonchev–Trinajstić information content (AvgIpc) is 2.80. The van der Waals surface area contributed by atoms with Crippen molar-refractivity contribution in [2.45, 2.75) is 6.18 Å². The van der Waals surface area contributed by atoms with E-state index in [4.69, 9.17) is 16.0 Å². The second-order valence-electron chi connectivity index (χ2n) is 4.07. The van der Waals surface area contributed by atoms with Crippen molar-refractivity contribution >= 4 is 22.7 Å². The Balaban J connectivity index is 2.11. The molecule has 3 rings (SSSR count). The van der Waals surface area contributed by atoms with Gasteiger partial charge in [-0.2, -0.15) is 13.2 Å². The van der Waals surface area contributed by atoms with Gasteiger partial charge in [-0.3, -0.25) is 0 Å². The molecule has 0 aliphatic rings. The zero-order chi connectivity index (χ0) is 14.3. The molecule has 0 unspecified atom stereocenters. The lowest BCUT2D eigenvalue weighted by molar-refractivity contribution is -0.137. The first kappa shape index (κ1) is 12.9. The molecule has 0 fully saturated rings. The molecule has 0 N–H and O–H groups in total. The second-order valence-corrected chi connectivity index (χ2v) is 4.45. The molecule has 0 aliphatic carbocycles. The molecular weight excluding hydrogens is 293 g/mol. The molecule has 20 heavy (non-hydrogen) atoms. The Labute approximate surface area is 116 Å². The molecule has 102 valence electrons. The highest BCUT2D eigenvalue weighted by Crippen LogP contribution is 2.32. The van der Waals surface area contributed by atoms with E-state index < -0.39 is 11.7 Å². The van der Waals surface area contributed by atoms with Gasteiger partial charge in [0.2, 0.25) is 5.89 Å². The first-order valence-electron chi connectivity index (χ1n) is 5.53. The average molecular weight is 299 g/mol. The number of rotatable bonds is 1. The lowest BCUT2D eigenvalue weighted by Gasteiger charge is -2.04. The largest absolute Gasteiger partial charge is 0.436 e. The van der Waals surface area contributed by atoms with Gasteiger partial charge in [-0.15, -0.1) is 0 Å². The van der Waals surface area contributed by atoms with Crippen LogP contribution < -0.4 is 0 Å². The molecule has 3 aromatic rings. The normalized spacial score (nSPS) is 12.0. The van der Waals surface area contributed by atoms with E-state index in [0.29, 0.717) is 5.56 Å². The maximum absolute atomic E-state index is 12.6. The van der Waals surface area contributed by atoms with Crippen molar-refractivity contribution in [2.24, 2.45) is 0 Å². The summed E-state index contributed by atoms with van der Waals surface area (Å²) in [6.07, 6.45) is -2.94. The van der Waals surface area contributed by atoms with Crippen LogP contribution in [-0.2, 0) is 6.18 Å². The van der Waals surface area contributed by atoms with Gasteiger partial charge in [0.05, 0.1) is 5.56 Å². The number of aromatic nitrogens is 2. The number of hydrogen-bond donors (Lipinski definition) is 0. The topological polar surface area (TPSA) is 38.9 Å². The van der Waals surface area contributed by atoms with Crippen LogP contribution in [0.3, 0.4) is 0 Å². The highest BCUT2D eigenvalue weighted by molar-refractivity contribution is 6.29. The Hall–Kier alpha value is -2.08. The molecule has 0 spiro atoms. The Bertz CT molecular complexity index is 783. The molecule has 0 amide bonds. The van der Waals surface area contributed by atoms with Gasteiger partial charge >= 0.3 is 6.18 Å². The molecular formula is C13H6ClF3N2O. The highest BCUT2D eigenvalue weighted by atomic mass is 35.5. The zero-order valence-electron chi connectivity index (χ0n) is 9.78. The predicted molar refractivity (Wildman–Crippen MR) is 67.3 cm³/mol. The summed E-state index contributed by atoms with van der Waals surface area (Å²) in [6.45, 7) is 0. The maximum Gasteiger partial charge on any atom is 0.416 e. The second kappa shape index (κ2) is 4.49. The van der Waals surface area contributed by atoms with Crippen LogP contribution in [-0.4, -0.2) is 9.97 Å². The summed E-state index contributed by atoms with van der Waals surface area (Å²) >= 11 is 5.75. The third-order valence-electron chi connectivity index (χ3n) is 2.69. The summed E-state index contributed by atoms with van der Waals surface area (Å²) in [7, 11) is 0. The minimum Gasteiger partial charge on any atom is -0.436 e. The fourth-order valence-electron chi connectivity index (χ4n) is 1.76. The third-order valence-corrected chi connectivity index (χ3v) is 2.90. The Morgan fingerprint density at radius 3 is 2.60 bits per heavy atom. The van der Waals surface area contributed by atoms with Gasteiger partial charge in [-0.1, -0.05) is 11.6 Å². The molecule has 0 aliphatic heterocycles. The Kier molecular flexibility index (Phi) is 2.90. The molecule has 0 radical (unpaired) electrons. The summed E-state index contributed by atoms with van der Waals surface area (Å²) < 4.78 is 43.3. The summed E-state index contributed by atoms with van der Waals surface area (Å²) in [6, 6.07) is 6.29. The summed E-state index contributed by atoms with van der Waals surface area (Å²) in [5.41, 5.74) is 0.205. The molecule has 1 aromatic carbocycles. The van der Waals surface area contributed by atoms with Gasteiger partial charge in [0.25, 0.3) is 0 Å². The van der Waals surface area contributed by atoms with Crippen LogP contribution >= 0.6 is 11.6 Å². The SMILES string of the molecule is FC(F)(F)c1ccc2oc(-c3ccnc(Cl)c3)nc2c1. The smallest absolute Gasteiger partial charge is 0.416 e. The molecule has 2 aromatic heterocycles. The van der Waals surface area contributed by atoms with Crippen LogP contribution in [0, 0.1) is 0 Å². The number of oxazole rings is 1. The van der Waals surface area contributed by atoms with Gasteiger partial charge in [0, 0.05) is 11.8 Å². The van der Waals surface area contributed by atoms with Crippen molar-refractivity contribution < 1.29 is 17.6 Å². The van der Waals surface area contributed by atoms with E-state index in [1.165, 1.54) is 18.3 Å². The van der Waals surface area contributed by atoms with Gasteiger partial charge < -0.3 is 4.42 Å². The van der Waals surface area contributed by atoms with Gasteiger partial charge in [-0.25, -0.2) is 9.97 Å². The predicted octanol–water partition coefficient (Wildman–Crippen LogP) is 4.56. The van der Waals surface area contributed by atoms with Gasteiger partial charge in [-0.05, 0) is 30.3 Å². The Morgan fingerprint density at radius 1 is 1.10 bits per heavy atom. The number of fused-ring (bicyclic) bond motifs is 1. The first-order valence-corrected chi connectivity index (χ1v) is 5.91. The number of alkyl halides is 3. The van der Waals surface area contributed by atoms with E-state index >= 15 is 0 Å². The number of benzene rings is 1. The van der Waals surface area contributed by atoms with Gasteiger partial charge in [0.1, 0.15) is 10.7 Å². The Morgan fingerprint density at radius 2 is 1.90 bits per heavy atom. The lowest BCUT2D eigenvalue weighted by atomic mass is 10.2. The van der Waals surface area contributed by atoms with Crippen molar-refractivity contribution in [1.82, 2.24) is 9.97 Å². The molecule has 3 nitrogen and oxygen atoms in total. The summed E-state index contributed by atoms with van der Waals surface area (Å²) in [5.74, 6) is 0.198. The molecule has 2 heterocycles. The standard InChI is InChI=1S/C13H6ClF3N2O/c14-11-5-7(3-4-18-11)12-19-9-6-8(13(15,16)17)1-2-10(9)20-12/h1-6H. The number of nitrogens with zero attached hydrogens (tertiary/aromatic N) is 2. The summed E-state index contributed by atoms with van der Waals surface area (Å²) in [4.78, 5) is 7.86. The van der Waals surface area contributed by atoms with Crippen LogP contribution in [0.2, 0.25) is 5.15 Å². The van der Waals surface area contributed by atoms with Crippen LogP contribution in [0.25, 0.3) is 22.6 Å². The van der Waals surface area contributed by atoms with Crippen molar-refractivity contribution in [2.75, 3.05) is 0 Å². The molecule has 0 atom stereocenters. The van der Waals surface area contributed by atoms with Crippen molar-refractivity contribution in [3.05, 3.63) is 47.2 Å². The van der Waals surface area contributed by atoms with Crippen LogP contribution in [0.15, 0.2) is 40.9 Å². The highest BCUT2D eigenvalue weighted by Gasteiger charge is 2.31. The van der Waals surface area contributed by atoms with Crippen LogP contribution in [0.5, 0.6) is 0 Å². The van der Waals surface area contributed by atoms with Crippen molar-refractivity contribution in [3.63, 3.8) is 0 Å². The van der Waals surface area contributed by atoms with E-state index in [-0.39, 0.29) is 22.1 Å². The molecule has 7 heteroatoms. The molecule has 0 bridgehead atoms. The zero-order valence-corrected chi connectivity index (χ0v) is 10.5. The quantitative estimate of drug-likeness (QED) is 0.618. The third kappa shape index (κ3) is 2.34. The van der Waals surface area contributed by atoms with Crippen molar-refractivity contribution in [3.8, 4) is 11.5 Å². The molecule has 0 saturated carbocycles. The minimum atomic E-state index is -4.41. The summed E-state index contributed by atoms with van der Waals surface area (Å²) in [5, 5.41) is 0.251. The number of pyridine rings is 1. The van der Waals surface area contributed by atoms with E-state index in [9.17, 15) is 13.2 Å². The fourth-order valence-corrected chi connectivity index (χ4v) is 1.94. The lowest BCUT2D eigenvalue weighted by Crippen LogP contribution is -2.03. The maximum atomic E-state index is 12.6. The first-order chi connectivity index (χ1) is 9.43. The number of hydrogen-bond acceptors (Lipinski definition) is 3. The van der Waals surface area contributed by atoms with E-state index in [2.05, 4.69) is 9.97 Å². The fraction of sp³-hybridized carbons (Fsp3) is 0.0769. The van der Waals surface area contributed by atoms with Crippen LogP contribution in [0.4, 0.5) is 13.2 Å². The monoisotopic (exact) mass is 298 g/mol. The van der Waals surface area contributed by atoms with Crippen molar-refractivity contribution in [1.29, 1.82) is 0 Å². The minimum absolute atomic E-state index is 0.141. The molecule has 0 saturated heterocycles. The van der Waals surface area contributed by atoms with E-state index in [1.54, 1.807) is 6.07 Å². The van der Waals surface area contributed by atoms with E-state index in [0.717, 1.165) is 12.1 Å².